The van der Waals surface area contributed by atoms with Crippen LogP contribution in [-0.4, -0.2) is 23.8 Å². The van der Waals surface area contributed by atoms with Crippen molar-refractivity contribution in [2.75, 3.05) is 12.4 Å². The number of benzene rings is 1. The van der Waals surface area contributed by atoms with E-state index in [2.05, 4.69) is 26.2 Å². The van der Waals surface area contributed by atoms with E-state index in [4.69, 9.17) is 4.74 Å². The largest absolute Gasteiger partial charge is 0.497 e. The van der Waals surface area contributed by atoms with Gasteiger partial charge in [-0.2, -0.15) is 0 Å². The molecule has 1 amide bonds. The van der Waals surface area contributed by atoms with Gasteiger partial charge in [0.25, 0.3) is 5.91 Å². The van der Waals surface area contributed by atoms with Gasteiger partial charge in [-0.15, -0.1) is 0 Å². The van der Waals surface area contributed by atoms with E-state index in [1.165, 1.54) is 0 Å². The number of hydrogen-bond acceptors (Lipinski definition) is 4. The molecule has 0 atom stereocenters. The lowest BCUT2D eigenvalue weighted by atomic mass is 10.1. The van der Waals surface area contributed by atoms with Crippen molar-refractivity contribution in [3.63, 3.8) is 0 Å². The van der Waals surface area contributed by atoms with Gasteiger partial charge in [0.1, 0.15) is 11.6 Å². The maximum absolute atomic E-state index is 11.8. The van der Waals surface area contributed by atoms with Crippen LogP contribution in [0.4, 0.5) is 5.82 Å². The number of nitrogens with zero attached hydrogens (tertiary/aromatic N) is 1. The molecule has 1 heterocycles. The van der Waals surface area contributed by atoms with Gasteiger partial charge in [0.15, 0.2) is 0 Å². The van der Waals surface area contributed by atoms with Crippen LogP contribution in [-0.2, 0) is 16.0 Å². The van der Waals surface area contributed by atoms with Gasteiger partial charge < -0.3 is 10.1 Å². The number of rotatable bonds is 7. The van der Waals surface area contributed by atoms with E-state index >= 15 is 0 Å². The highest BCUT2D eigenvalue weighted by atomic mass is 79.9. The molecule has 0 fully saturated rings. The molecule has 0 radical (unpaired) electrons. The van der Waals surface area contributed by atoms with Crippen LogP contribution in [0.5, 0.6) is 5.75 Å². The van der Waals surface area contributed by atoms with E-state index < -0.39 is 11.7 Å². The van der Waals surface area contributed by atoms with E-state index in [1.807, 2.05) is 24.3 Å². The summed E-state index contributed by atoms with van der Waals surface area (Å²) in [6.07, 6.45) is 3.12. The Hall–Kier alpha value is -2.21. The summed E-state index contributed by atoms with van der Waals surface area (Å²) in [5, 5.41) is 2.50. The highest BCUT2D eigenvalue weighted by molar-refractivity contribution is 9.10. The standard InChI is InChI=1S/C17H17BrN2O3/c1-23-14-8-5-12(6-9-14)3-2-4-15(21)17(22)20-16-10-7-13(18)11-19-16/h5-11H,2-4H2,1H3,(H,19,20,22). The second-order valence-corrected chi connectivity index (χ2v) is 5.86. The van der Waals surface area contributed by atoms with Gasteiger partial charge in [0, 0.05) is 17.1 Å². The zero-order valence-electron chi connectivity index (χ0n) is 12.7. The Balaban J connectivity index is 1.77. The number of halogens is 1. The van der Waals surface area contributed by atoms with Gasteiger partial charge in [-0.3, -0.25) is 9.59 Å². The molecule has 0 saturated carbocycles. The normalized spacial score (nSPS) is 10.2. The predicted octanol–water partition coefficient (Wildman–Crippen LogP) is 3.38. The molecule has 6 heteroatoms. The third kappa shape index (κ3) is 5.49. The molecule has 1 N–H and O–H groups in total. The van der Waals surface area contributed by atoms with Crippen LogP contribution in [0.3, 0.4) is 0 Å². The Morgan fingerprint density at radius 2 is 1.91 bits per heavy atom. The summed E-state index contributed by atoms with van der Waals surface area (Å²) in [5.74, 6) is 0.0886. The van der Waals surface area contributed by atoms with Crippen molar-refractivity contribution >= 4 is 33.4 Å². The first-order valence-corrected chi connectivity index (χ1v) is 7.96. The zero-order valence-corrected chi connectivity index (χ0v) is 14.3. The van der Waals surface area contributed by atoms with E-state index in [1.54, 1.807) is 25.4 Å². The second kappa shape index (κ2) is 8.43. The van der Waals surface area contributed by atoms with Crippen molar-refractivity contribution in [2.45, 2.75) is 19.3 Å². The molecule has 1 aromatic carbocycles. The minimum Gasteiger partial charge on any atom is -0.497 e. The van der Waals surface area contributed by atoms with Crippen LogP contribution in [0.2, 0.25) is 0 Å². The fourth-order valence-electron chi connectivity index (χ4n) is 1.99. The molecule has 0 aliphatic carbocycles. The first-order valence-electron chi connectivity index (χ1n) is 7.17. The number of aryl methyl sites for hydroxylation is 1. The summed E-state index contributed by atoms with van der Waals surface area (Å²) >= 11 is 3.26. The van der Waals surface area contributed by atoms with Crippen molar-refractivity contribution in [3.05, 3.63) is 52.6 Å². The lowest BCUT2D eigenvalue weighted by Crippen LogP contribution is -2.23. The first-order chi connectivity index (χ1) is 11.1. The van der Waals surface area contributed by atoms with Gasteiger partial charge in [0.2, 0.25) is 5.78 Å². The highest BCUT2D eigenvalue weighted by Gasteiger charge is 2.13. The predicted molar refractivity (Wildman–Crippen MR) is 91.5 cm³/mol. The number of nitrogens with one attached hydrogen (secondary N) is 1. The molecule has 120 valence electrons. The molecule has 2 rings (SSSR count). The highest BCUT2D eigenvalue weighted by Crippen LogP contribution is 2.14. The number of anilines is 1. The van der Waals surface area contributed by atoms with Crippen molar-refractivity contribution in [3.8, 4) is 5.75 Å². The summed E-state index contributed by atoms with van der Waals surface area (Å²) in [6, 6.07) is 11.0. The smallest absolute Gasteiger partial charge is 0.292 e. The molecular weight excluding hydrogens is 360 g/mol. The van der Waals surface area contributed by atoms with Crippen molar-refractivity contribution in [1.29, 1.82) is 0 Å². The maximum atomic E-state index is 11.8. The van der Waals surface area contributed by atoms with Crippen LogP contribution >= 0.6 is 15.9 Å². The lowest BCUT2D eigenvalue weighted by Gasteiger charge is -2.05. The Bertz CT molecular complexity index is 669. The maximum Gasteiger partial charge on any atom is 0.292 e. The van der Waals surface area contributed by atoms with Crippen molar-refractivity contribution < 1.29 is 14.3 Å². The fourth-order valence-corrected chi connectivity index (χ4v) is 2.23. The van der Waals surface area contributed by atoms with Crippen LogP contribution in [0.1, 0.15) is 18.4 Å². The number of pyridine rings is 1. The molecule has 5 nitrogen and oxygen atoms in total. The number of hydrogen-bond donors (Lipinski definition) is 1. The number of carbonyl (C=O) groups excluding carboxylic acids is 2. The molecule has 0 unspecified atom stereocenters. The third-order valence-corrected chi connectivity index (χ3v) is 3.72. The van der Waals surface area contributed by atoms with Gasteiger partial charge in [-0.25, -0.2) is 4.98 Å². The van der Waals surface area contributed by atoms with Crippen molar-refractivity contribution in [1.82, 2.24) is 4.98 Å². The van der Waals surface area contributed by atoms with E-state index in [0.717, 1.165) is 22.2 Å². The summed E-state index contributed by atoms with van der Waals surface area (Å²) in [4.78, 5) is 27.6. The molecule has 0 aliphatic rings. The molecule has 0 saturated heterocycles. The van der Waals surface area contributed by atoms with Gasteiger partial charge in [0.05, 0.1) is 7.11 Å². The molecule has 0 bridgehead atoms. The number of ketones is 1. The van der Waals surface area contributed by atoms with Crippen molar-refractivity contribution in [2.24, 2.45) is 0 Å². The fraction of sp³-hybridized carbons (Fsp3) is 0.235. The van der Waals surface area contributed by atoms with Crippen LogP contribution < -0.4 is 10.1 Å². The zero-order chi connectivity index (χ0) is 16.7. The number of methoxy groups -OCH3 is 1. The van der Waals surface area contributed by atoms with Crippen LogP contribution in [0, 0.1) is 0 Å². The second-order valence-electron chi connectivity index (χ2n) is 4.94. The summed E-state index contributed by atoms with van der Waals surface area (Å²) < 4.78 is 5.90. The average Bonchev–Trinajstić information content (AvgIpc) is 2.57. The number of carbonyl (C=O) groups is 2. The van der Waals surface area contributed by atoms with Crippen LogP contribution in [0.15, 0.2) is 47.1 Å². The molecule has 23 heavy (non-hydrogen) atoms. The van der Waals surface area contributed by atoms with Gasteiger partial charge in [-0.05, 0) is 58.6 Å². The number of aromatic nitrogens is 1. The number of Topliss-reactive ketones (excluding diaryl/α,β-unsaturated/α-hetero) is 1. The SMILES string of the molecule is COc1ccc(CCCC(=O)C(=O)Nc2ccc(Br)cn2)cc1. The molecule has 1 aromatic heterocycles. The van der Waals surface area contributed by atoms with Crippen LogP contribution in [0.25, 0.3) is 0 Å². The quantitative estimate of drug-likeness (QED) is 0.752. The molecule has 0 spiro atoms. The Morgan fingerprint density at radius 3 is 2.52 bits per heavy atom. The number of ether oxygens (including phenoxy) is 1. The first kappa shape index (κ1) is 17.1. The minimum atomic E-state index is -0.630. The van der Waals surface area contributed by atoms with E-state index in [-0.39, 0.29) is 6.42 Å². The molecule has 0 aliphatic heterocycles. The van der Waals surface area contributed by atoms with E-state index in [0.29, 0.717) is 12.2 Å². The van der Waals surface area contributed by atoms with Gasteiger partial charge in [-0.1, -0.05) is 12.1 Å². The topological polar surface area (TPSA) is 68.3 Å². The average molecular weight is 377 g/mol. The monoisotopic (exact) mass is 376 g/mol. The summed E-state index contributed by atoms with van der Waals surface area (Å²) in [6.45, 7) is 0. The summed E-state index contributed by atoms with van der Waals surface area (Å²) in [7, 11) is 1.62. The summed E-state index contributed by atoms with van der Waals surface area (Å²) in [5.41, 5.74) is 1.11. The Labute approximate surface area is 143 Å². The minimum absolute atomic E-state index is 0.203. The lowest BCUT2D eigenvalue weighted by molar-refractivity contribution is -0.134. The molecular formula is C17H17BrN2O3. The Kier molecular flexibility index (Phi) is 6.29. The third-order valence-electron chi connectivity index (χ3n) is 3.25. The molecule has 2 aromatic rings. The van der Waals surface area contributed by atoms with E-state index in [9.17, 15) is 9.59 Å². The van der Waals surface area contributed by atoms with Gasteiger partial charge >= 0.3 is 0 Å². The Morgan fingerprint density at radius 1 is 1.17 bits per heavy atom. The number of amides is 1.